The molecule has 4 nitrogen and oxygen atoms in total. The molecule has 5 heteroatoms. The number of phenols is 1. The Morgan fingerprint density at radius 3 is 2.74 bits per heavy atom. The molecule has 0 aromatic heterocycles. The Balaban J connectivity index is 1.78. The molecule has 0 fully saturated rings. The average molecular weight is 308 g/mol. The van der Waals surface area contributed by atoms with E-state index >= 15 is 0 Å². The van der Waals surface area contributed by atoms with Gasteiger partial charge in [-0.05, 0) is 29.7 Å². The zero-order valence-electron chi connectivity index (χ0n) is 12.0. The molecule has 114 valence electrons. The summed E-state index contributed by atoms with van der Waals surface area (Å²) in [5.41, 5.74) is 2.95. The number of fused-ring (bicyclic) bond motifs is 1. The van der Waals surface area contributed by atoms with Crippen LogP contribution in [0.25, 0.3) is 10.8 Å². The summed E-state index contributed by atoms with van der Waals surface area (Å²) in [6.45, 7) is 0. The summed E-state index contributed by atoms with van der Waals surface area (Å²) in [6, 6.07) is 16.3. The minimum atomic E-state index is -0.527. The van der Waals surface area contributed by atoms with Gasteiger partial charge in [0.25, 0.3) is 5.91 Å². The first-order valence-corrected chi connectivity index (χ1v) is 6.95. The van der Waals surface area contributed by atoms with Crippen LogP contribution in [-0.2, 0) is 0 Å². The van der Waals surface area contributed by atoms with Crippen molar-refractivity contribution in [3.8, 4) is 5.75 Å². The van der Waals surface area contributed by atoms with E-state index in [2.05, 4.69) is 10.5 Å². The van der Waals surface area contributed by atoms with Crippen molar-refractivity contribution in [1.29, 1.82) is 0 Å². The van der Waals surface area contributed by atoms with Crippen LogP contribution < -0.4 is 5.43 Å². The van der Waals surface area contributed by atoms with Crippen molar-refractivity contribution >= 4 is 22.9 Å². The molecular formula is C18H13FN2O2. The smallest absolute Gasteiger partial charge is 0.271 e. The van der Waals surface area contributed by atoms with Crippen LogP contribution in [0.4, 0.5) is 4.39 Å². The maximum atomic E-state index is 13.1. The third-order valence-corrected chi connectivity index (χ3v) is 3.39. The summed E-state index contributed by atoms with van der Waals surface area (Å²) in [5.74, 6) is -0.929. The maximum absolute atomic E-state index is 13.1. The molecule has 0 aliphatic rings. The molecule has 1 amide bonds. The van der Waals surface area contributed by atoms with E-state index in [0.29, 0.717) is 10.9 Å². The van der Waals surface area contributed by atoms with E-state index in [4.69, 9.17) is 0 Å². The van der Waals surface area contributed by atoms with Crippen molar-refractivity contribution < 1.29 is 14.3 Å². The van der Waals surface area contributed by atoms with E-state index in [1.54, 1.807) is 12.1 Å². The predicted octanol–water partition coefficient (Wildman–Crippen LogP) is 3.45. The highest BCUT2D eigenvalue weighted by Crippen LogP contribution is 2.27. The number of amides is 1. The van der Waals surface area contributed by atoms with Gasteiger partial charge in [-0.25, -0.2) is 9.82 Å². The Morgan fingerprint density at radius 1 is 1.09 bits per heavy atom. The van der Waals surface area contributed by atoms with Crippen molar-refractivity contribution in [2.45, 2.75) is 0 Å². The number of halogens is 1. The van der Waals surface area contributed by atoms with E-state index in [9.17, 15) is 14.3 Å². The van der Waals surface area contributed by atoms with Crippen LogP contribution in [0.3, 0.4) is 0 Å². The van der Waals surface area contributed by atoms with Crippen molar-refractivity contribution in [3.05, 3.63) is 77.6 Å². The first-order valence-electron chi connectivity index (χ1n) is 6.95. The minimum absolute atomic E-state index is 0.0897. The molecule has 0 unspecified atom stereocenters. The third-order valence-electron chi connectivity index (χ3n) is 3.39. The Labute approximate surface area is 131 Å². The normalized spacial score (nSPS) is 11.0. The van der Waals surface area contributed by atoms with Crippen LogP contribution in [-0.4, -0.2) is 17.2 Å². The molecule has 0 radical (unpaired) electrons. The zero-order valence-corrected chi connectivity index (χ0v) is 12.0. The van der Waals surface area contributed by atoms with E-state index in [1.807, 2.05) is 24.3 Å². The number of hydrogen-bond acceptors (Lipinski definition) is 3. The van der Waals surface area contributed by atoms with Crippen LogP contribution in [0.1, 0.15) is 15.9 Å². The van der Waals surface area contributed by atoms with Crippen molar-refractivity contribution in [3.63, 3.8) is 0 Å². The molecule has 0 bridgehead atoms. The molecule has 2 N–H and O–H groups in total. The number of aromatic hydroxyl groups is 1. The van der Waals surface area contributed by atoms with Gasteiger partial charge in [0.05, 0.1) is 6.21 Å². The summed E-state index contributed by atoms with van der Waals surface area (Å²) in [7, 11) is 0. The molecule has 0 aliphatic heterocycles. The van der Waals surface area contributed by atoms with Gasteiger partial charge in [0, 0.05) is 16.5 Å². The standard InChI is InChI=1S/C18H13FN2O2/c19-15-6-3-5-13(10-15)18(23)21-20-11-14-9-8-12-4-1-2-7-16(12)17(14)22/h1-11,22H,(H,21,23)/b20-11-. The molecule has 0 heterocycles. The third kappa shape index (κ3) is 3.18. The van der Waals surface area contributed by atoms with Crippen LogP contribution in [0, 0.1) is 5.82 Å². The van der Waals surface area contributed by atoms with Gasteiger partial charge in [0.1, 0.15) is 11.6 Å². The maximum Gasteiger partial charge on any atom is 0.271 e. The second-order valence-corrected chi connectivity index (χ2v) is 4.93. The number of carbonyl (C=O) groups excluding carboxylic acids is 1. The highest BCUT2D eigenvalue weighted by atomic mass is 19.1. The van der Waals surface area contributed by atoms with Gasteiger partial charge < -0.3 is 5.11 Å². The van der Waals surface area contributed by atoms with Gasteiger partial charge in [-0.3, -0.25) is 4.79 Å². The van der Waals surface area contributed by atoms with E-state index in [1.165, 1.54) is 24.4 Å². The molecular weight excluding hydrogens is 295 g/mol. The molecule has 0 atom stereocenters. The molecule has 0 spiro atoms. The lowest BCUT2D eigenvalue weighted by Crippen LogP contribution is -2.17. The molecule has 0 saturated heterocycles. The Bertz CT molecular complexity index is 906. The van der Waals surface area contributed by atoms with E-state index in [0.717, 1.165) is 11.5 Å². The topological polar surface area (TPSA) is 61.7 Å². The second-order valence-electron chi connectivity index (χ2n) is 4.93. The lowest BCUT2D eigenvalue weighted by molar-refractivity contribution is 0.0954. The number of phenolic OH excluding ortho intramolecular Hbond substituents is 1. The molecule has 3 rings (SSSR count). The van der Waals surface area contributed by atoms with E-state index < -0.39 is 11.7 Å². The Hall–Kier alpha value is -3.21. The largest absolute Gasteiger partial charge is 0.507 e. The van der Waals surface area contributed by atoms with Gasteiger partial charge in [-0.15, -0.1) is 0 Å². The lowest BCUT2D eigenvalue weighted by Gasteiger charge is -2.04. The van der Waals surface area contributed by atoms with Crippen molar-refractivity contribution in [2.24, 2.45) is 5.10 Å². The number of carbonyl (C=O) groups is 1. The SMILES string of the molecule is O=C(N/N=C\c1ccc2ccccc2c1O)c1cccc(F)c1. The number of rotatable bonds is 3. The Kier molecular flexibility index (Phi) is 4.01. The molecule has 3 aromatic carbocycles. The fourth-order valence-corrected chi connectivity index (χ4v) is 2.23. The van der Waals surface area contributed by atoms with Crippen LogP contribution >= 0.6 is 0 Å². The summed E-state index contributed by atoms with van der Waals surface area (Å²) < 4.78 is 13.1. The number of benzene rings is 3. The fourth-order valence-electron chi connectivity index (χ4n) is 2.23. The first kappa shape index (κ1) is 14.7. The number of nitrogens with one attached hydrogen (secondary N) is 1. The molecule has 3 aromatic rings. The Morgan fingerprint density at radius 2 is 1.91 bits per heavy atom. The highest BCUT2D eigenvalue weighted by Gasteiger charge is 2.06. The summed E-state index contributed by atoms with van der Waals surface area (Å²) in [6.07, 6.45) is 1.35. The van der Waals surface area contributed by atoms with Crippen molar-refractivity contribution in [2.75, 3.05) is 0 Å². The van der Waals surface area contributed by atoms with Crippen LogP contribution in [0.2, 0.25) is 0 Å². The van der Waals surface area contributed by atoms with Gasteiger partial charge in [-0.1, -0.05) is 36.4 Å². The number of hydrazone groups is 1. The van der Waals surface area contributed by atoms with Gasteiger partial charge in [0.2, 0.25) is 0 Å². The number of hydrogen-bond donors (Lipinski definition) is 2. The second kappa shape index (κ2) is 6.27. The average Bonchev–Trinajstić information content (AvgIpc) is 2.57. The van der Waals surface area contributed by atoms with E-state index in [-0.39, 0.29) is 11.3 Å². The highest BCUT2D eigenvalue weighted by molar-refractivity contribution is 5.98. The molecule has 0 saturated carbocycles. The summed E-state index contributed by atoms with van der Waals surface area (Å²) in [4.78, 5) is 11.8. The van der Waals surface area contributed by atoms with Crippen LogP contribution in [0.15, 0.2) is 65.8 Å². The van der Waals surface area contributed by atoms with Gasteiger partial charge in [-0.2, -0.15) is 5.10 Å². The quantitative estimate of drug-likeness (QED) is 0.575. The fraction of sp³-hybridized carbons (Fsp3) is 0. The monoisotopic (exact) mass is 308 g/mol. The molecule has 23 heavy (non-hydrogen) atoms. The zero-order chi connectivity index (χ0) is 16.2. The first-order chi connectivity index (χ1) is 11.1. The van der Waals surface area contributed by atoms with Gasteiger partial charge in [0.15, 0.2) is 0 Å². The molecule has 0 aliphatic carbocycles. The lowest BCUT2D eigenvalue weighted by atomic mass is 10.1. The van der Waals surface area contributed by atoms with Gasteiger partial charge >= 0.3 is 0 Å². The number of nitrogens with zero attached hydrogens (tertiary/aromatic N) is 1. The van der Waals surface area contributed by atoms with Crippen LogP contribution in [0.5, 0.6) is 5.75 Å². The van der Waals surface area contributed by atoms with Crippen molar-refractivity contribution in [1.82, 2.24) is 5.43 Å². The summed E-state index contributed by atoms with van der Waals surface area (Å²) >= 11 is 0. The minimum Gasteiger partial charge on any atom is -0.507 e. The predicted molar refractivity (Wildman–Crippen MR) is 87.1 cm³/mol. The summed E-state index contributed by atoms with van der Waals surface area (Å²) in [5, 5.41) is 15.6.